The zero-order chi connectivity index (χ0) is 14.1. The maximum atomic E-state index is 12.6. The molecule has 0 aliphatic carbocycles. The summed E-state index contributed by atoms with van der Waals surface area (Å²) >= 11 is 11.0. The van der Waals surface area contributed by atoms with Crippen molar-refractivity contribution < 1.29 is 0 Å². The van der Waals surface area contributed by atoms with Crippen molar-refractivity contribution in [2.45, 2.75) is 12.4 Å². The molecule has 0 bridgehead atoms. The molecule has 102 valence electrons. The van der Waals surface area contributed by atoms with Crippen molar-refractivity contribution in [2.24, 2.45) is 0 Å². The van der Waals surface area contributed by atoms with Crippen LogP contribution in [0.1, 0.15) is 10.7 Å². The van der Waals surface area contributed by atoms with Crippen LogP contribution in [-0.4, -0.2) is 9.55 Å². The molecule has 20 heavy (non-hydrogen) atoms. The third-order valence-corrected chi connectivity index (χ3v) is 4.85. The molecule has 0 unspecified atom stereocenters. The predicted molar refractivity (Wildman–Crippen MR) is 86.7 cm³/mol. The van der Waals surface area contributed by atoms with Gasteiger partial charge in [-0.25, -0.2) is 4.98 Å². The SMILES string of the molecule is O=c1c2ccccc2nc(CCl)n1Cc1ccc(Br)s1. The number of hydrogen-bond donors (Lipinski definition) is 0. The molecule has 1 aromatic carbocycles. The van der Waals surface area contributed by atoms with E-state index in [1.807, 2.05) is 30.3 Å². The number of aromatic nitrogens is 2. The first kappa shape index (κ1) is 13.8. The zero-order valence-corrected chi connectivity index (χ0v) is 13.5. The molecule has 0 aliphatic rings. The number of halogens is 2. The van der Waals surface area contributed by atoms with E-state index in [2.05, 4.69) is 20.9 Å². The highest BCUT2D eigenvalue weighted by Crippen LogP contribution is 2.23. The molecule has 0 saturated carbocycles. The van der Waals surface area contributed by atoms with E-state index in [9.17, 15) is 4.79 Å². The molecule has 0 amide bonds. The molecular weight excluding hydrogens is 360 g/mol. The van der Waals surface area contributed by atoms with Gasteiger partial charge in [0.2, 0.25) is 0 Å². The molecule has 0 atom stereocenters. The van der Waals surface area contributed by atoms with Crippen LogP contribution in [0.4, 0.5) is 0 Å². The van der Waals surface area contributed by atoms with Gasteiger partial charge in [0.05, 0.1) is 27.1 Å². The first-order valence-electron chi connectivity index (χ1n) is 5.97. The lowest BCUT2D eigenvalue weighted by Crippen LogP contribution is -2.25. The number of alkyl halides is 1. The van der Waals surface area contributed by atoms with Crippen LogP contribution < -0.4 is 5.56 Å². The minimum absolute atomic E-state index is 0.0456. The van der Waals surface area contributed by atoms with Crippen molar-refractivity contribution in [1.82, 2.24) is 9.55 Å². The van der Waals surface area contributed by atoms with E-state index in [1.54, 1.807) is 22.0 Å². The molecule has 3 nitrogen and oxygen atoms in total. The number of rotatable bonds is 3. The number of hydrogen-bond acceptors (Lipinski definition) is 3. The summed E-state index contributed by atoms with van der Waals surface area (Å²) in [5, 5.41) is 0.622. The van der Waals surface area contributed by atoms with Gasteiger partial charge in [-0.15, -0.1) is 22.9 Å². The van der Waals surface area contributed by atoms with E-state index in [0.29, 0.717) is 23.3 Å². The molecule has 0 radical (unpaired) electrons. The topological polar surface area (TPSA) is 34.9 Å². The minimum atomic E-state index is -0.0456. The number of benzene rings is 1. The molecule has 0 saturated heterocycles. The molecule has 3 rings (SSSR count). The van der Waals surface area contributed by atoms with Crippen LogP contribution in [0.25, 0.3) is 10.9 Å². The summed E-state index contributed by atoms with van der Waals surface area (Å²) in [6.45, 7) is 0.495. The second-order valence-electron chi connectivity index (χ2n) is 4.28. The van der Waals surface area contributed by atoms with Crippen molar-refractivity contribution in [3.8, 4) is 0 Å². The third-order valence-electron chi connectivity index (χ3n) is 3.00. The lowest BCUT2D eigenvalue weighted by Gasteiger charge is -2.10. The van der Waals surface area contributed by atoms with Gasteiger partial charge in [0.1, 0.15) is 5.82 Å². The highest BCUT2D eigenvalue weighted by Gasteiger charge is 2.11. The molecule has 6 heteroatoms. The Balaban J connectivity index is 2.18. The third kappa shape index (κ3) is 2.53. The number of para-hydroxylation sites is 1. The molecule has 0 fully saturated rings. The molecular formula is C14H10BrClN2OS. The van der Waals surface area contributed by atoms with Crippen molar-refractivity contribution in [1.29, 1.82) is 0 Å². The van der Waals surface area contributed by atoms with E-state index >= 15 is 0 Å². The second kappa shape index (κ2) is 5.68. The van der Waals surface area contributed by atoms with E-state index in [-0.39, 0.29) is 11.4 Å². The van der Waals surface area contributed by atoms with Crippen LogP contribution in [0, 0.1) is 0 Å². The Morgan fingerprint density at radius 3 is 2.75 bits per heavy atom. The van der Waals surface area contributed by atoms with Gasteiger partial charge >= 0.3 is 0 Å². The first-order valence-corrected chi connectivity index (χ1v) is 8.12. The molecule has 2 aromatic heterocycles. The quantitative estimate of drug-likeness (QED) is 0.654. The number of thiophene rings is 1. The fourth-order valence-electron chi connectivity index (χ4n) is 2.07. The van der Waals surface area contributed by atoms with Crippen LogP contribution >= 0.6 is 38.9 Å². The molecule has 0 aliphatic heterocycles. The van der Waals surface area contributed by atoms with Crippen molar-refractivity contribution in [3.05, 3.63) is 61.2 Å². The van der Waals surface area contributed by atoms with Gasteiger partial charge in [-0.1, -0.05) is 12.1 Å². The second-order valence-corrected chi connectivity index (χ2v) is 7.09. The van der Waals surface area contributed by atoms with Crippen LogP contribution in [-0.2, 0) is 12.4 Å². The summed E-state index contributed by atoms with van der Waals surface area (Å²) in [7, 11) is 0. The number of nitrogens with zero attached hydrogens (tertiary/aromatic N) is 2. The Hall–Kier alpha value is -1.17. The lowest BCUT2D eigenvalue weighted by atomic mass is 10.2. The number of fused-ring (bicyclic) bond motifs is 1. The van der Waals surface area contributed by atoms with E-state index in [1.165, 1.54) is 0 Å². The standard InChI is InChI=1S/C14H10BrClN2OS/c15-12-6-5-9(20-12)8-18-13(7-16)17-11-4-2-1-3-10(11)14(18)19/h1-6H,7-8H2. The maximum Gasteiger partial charge on any atom is 0.261 e. The Morgan fingerprint density at radius 2 is 2.05 bits per heavy atom. The average Bonchev–Trinajstić information content (AvgIpc) is 2.87. The fraction of sp³-hybridized carbons (Fsp3) is 0.143. The van der Waals surface area contributed by atoms with E-state index in [0.717, 1.165) is 8.66 Å². The lowest BCUT2D eigenvalue weighted by molar-refractivity contribution is 0.714. The molecule has 2 heterocycles. The van der Waals surface area contributed by atoms with Gasteiger partial charge in [-0.3, -0.25) is 9.36 Å². The van der Waals surface area contributed by atoms with Crippen LogP contribution in [0.15, 0.2) is 45.0 Å². The van der Waals surface area contributed by atoms with Crippen LogP contribution in [0.5, 0.6) is 0 Å². The summed E-state index contributed by atoms with van der Waals surface area (Å²) in [5.74, 6) is 0.812. The summed E-state index contributed by atoms with van der Waals surface area (Å²) in [6, 6.07) is 11.3. The fourth-order valence-corrected chi connectivity index (χ4v) is 3.75. The van der Waals surface area contributed by atoms with Gasteiger partial charge in [0, 0.05) is 4.88 Å². The molecule has 0 spiro atoms. The average molecular weight is 370 g/mol. The van der Waals surface area contributed by atoms with Gasteiger partial charge in [-0.2, -0.15) is 0 Å². The Labute approximate surface area is 133 Å². The van der Waals surface area contributed by atoms with Crippen LogP contribution in [0.2, 0.25) is 0 Å². The zero-order valence-electron chi connectivity index (χ0n) is 10.3. The summed E-state index contributed by atoms with van der Waals surface area (Å²) < 4.78 is 2.69. The van der Waals surface area contributed by atoms with Crippen LogP contribution in [0.3, 0.4) is 0 Å². The summed E-state index contributed by atoms with van der Waals surface area (Å²) in [4.78, 5) is 18.1. The van der Waals surface area contributed by atoms with Gasteiger partial charge < -0.3 is 0 Å². The first-order chi connectivity index (χ1) is 9.69. The highest BCUT2D eigenvalue weighted by molar-refractivity contribution is 9.11. The summed E-state index contributed by atoms with van der Waals surface area (Å²) in [5.41, 5.74) is 0.646. The van der Waals surface area contributed by atoms with Gasteiger partial charge in [0.25, 0.3) is 5.56 Å². The van der Waals surface area contributed by atoms with E-state index < -0.39 is 0 Å². The van der Waals surface area contributed by atoms with Crippen molar-refractivity contribution in [2.75, 3.05) is 0 Å². The monoisotopic (exact) mass is 368 g/mol. The normalized spacial score (nSPS) is 11.1. The molecule has 3 aromatic rings. The smallest absolute Gasteiger partial charge is 0.261 e. The largest absolute Gasteiger partial charge is 0.290 e. The van der Waals surface area contributed by atoms with Gasteiger partial charge in [0.15, 0.2) is 0 Å². The van der Waals surface area contributed by atoms with Crippen molar-refractivity contribution >= 4 is 49.8 Å². The Morgan fingerprint density at radius 1 is 1.25 bits per heavy atom. The summed E-state index contributed by atoms with van der Waals surface area (Å²) in [6.07, 6.45) is 0. The predicted octanol–water partition coefficient (Wildman–Crippen LogP) is 4.01. The van der Waals surface area contributed by atoms with Crippen molar-refractivity contribution in [3.63, 3.8) is 0 Å². The maximum absolute atomic E-state index is 12.6. The Kier molecular flexibility index (Phi) is 3.92. The molecule has 0 N–H and O–H groups in total. The van der Waals surface area contributed by atoms with E-state index in [4.69, 9.17) is 11.6 Å². The Bertz CT molecular complexity index is 827. The minimum Gasteiger partial charge on any atom is -0.290 e. The highest BCUT2D eigenvalue weighted by atomic mass is 79.9. The van der Waals surface area contributed by atoms with Gasteiger partial charge in [-0.05, 0) is 40.2 Å².